The normalized spacial score (nSPS) is 23.6. The minimum Gasteiger partial charge on any atom is -0.367 e. The van der Waals surface area contributed by atoms with E-state index in [0.29, 0.717) is 5.54 Å². The molecule has 1 aromatic rings. The maximum atomic E-state index is 4.51. The summed E-state index contributed by atoms with van der Waals surface area (Å²) in [6, 6.07) is 0. The highest BCUT2D eigenvalue weighted by Crippen LogP contribution is 2.32. The minimum atomic E-state index is 0.358. The van der Waals surface area contributed by atoms with E-state index in [1.165, 1.54) is 44.2 Å². The van der Waals surface area contributed by atoms with Crippen LogP contribution >= 0.6 is 0 Å². The van der Waals surface area contributed by atoms with Gasteiger partial charge in [0.15, 0.2) is 0 Å². The van der Waals surface area contributed by atoms with Crippen LogP contribution in [-0.4, -0.2) is 35.0 Å². The van der Waals surface area contributed by atoms with Gasteiger partial charge in [0.25, 0.3) is 0 Å². The molecule has 19 heavy (non-hydrogen) atoms. The lowest BCUT2D eigenvalue weighted by Crippen LogP contribution is -2.52. The van der Waals surface area contributed by atoms with Crippen LogP contribution in [0, 0.1) is 6.92 Å². The lowest BCUT2D eigenvalue weighted by Gasteiger charge is -2.40. The first kappa shape index (κ1) is 13.0. The number of anilines is 1. The van der Waals surface area contributed by atoms with Crippen LogP contribution in [0.15, 0.2) is 6.20 Å². The number of nitrogens with one attached hydrogen (secondary N) is 1. The maximum Gasteiger partial charge on any atom is 0.0827 e. The zero-order valence-electron chi connectivity index (χ0n) is 12.3. The molecular weight excluding hydrogens is 236 g/mol. The maximum absolute atomic E-state index is 4.51. The van der Waals surface area contributed by atoms with Crippen LogP contribution in [0.25, 0.3) is 0 Å². The second-order valence-corrected chi connectivity index (χ2v) is 6.32. The molecule has 0 amide bonds. The molecule has 0 unspecified atom stereocenters. The molecular formula is C15H26N4. The summed E-state index contributed by atoms with van der Waals surface area (Å²) in [6.07, 6.45) is 10.3. The monoisotopic (exact) mass is 262 g/mol. The standard InChI is InChI=1S/C15H26N4/c1-13-14(11-18(2)17-13)19-10-6-9-16-15(12-19)7-4-3-5-8-15/h11,16H,3-10,12H2,1-2H3. The van der Waals surface area contributed by atoms with Crippen molar-refractivity contribution in [2.45, 2.75) is 51.0 Å². The van der Waals surface area contributed by atoms with Gasteiger partial charge < -0.3 is 10.2 Å². The molecule has 2 heterocycles. The molecule has 1 N–H and O–H groups in total. The van der Waals surface area contributed by atoms with Gasteiger partial charge in [-0.25, -0.2) is 0 Å². The highest BCUT2D eigenvalue weighted by atomic mass is 15.3. The Morgan fingerprint density at radius 2 is 2.00 bits per heavy atom. The Bertz CT molecular complexity index is 431. The van der Waals surface area contributed by atoms with Crippen LogP contribution in [0.4, 0.5) is 5.69 Å². The average molecular weight is 262 g/mol. The highest BCUT2D eigenvalue weighted by molar-refractivity contribution is 5.49. The summed E-state index contributed by atoms with van der Waals surface area (Å²) in [7, 11) is 2.02. The summed E-state index contributed by atoms with van der Waals surface area (Å²) in [5, 5.41) is 8.36. The number of hydrogen-bond donors (Lipinski definition) is 1. The molecule has 0 aromatic carbocycles. The van der Waals surface area contributed by atoms with Crippen molar-refractivity contribution in [3.05, 3.63) is 11.9 Å². The largest absolute Gasteiger partial charge is 0.367 e. The van der Waals surface area contributed by atoms with Crippen molar-refractivity contribution in [2.24, 2.45) is 7.05 Å². The molecule has 4 nitrogen and oxygen atoms in total. The molecule has 2 fully saturated rings. The van der Waals surface area contributed by atoms with Crippen LogP contribution in [0.1, 0.15) is 44.2 Å². The topological polar surface area (TPSA) is 33.1 Å². The third-order valence-corrected chi connectivity index (χ3v) is 4.74. The number of hydrogen-bond acceptors (Lipinski definition) is 3. The van der Waals surface area contributed by atoms with Gasteiger partial charge in [-0.2, -0.15) is 5.10 Å². The zero-order valence-corrected chi connectivity index (χ0v) is 12.3. The van der Waals surface area contributed by atoms with E-state index >= 15 is 0 Å². The summed E-state index contributed by atoms with van der Waals surface area (Å²) >= 11 is 0. The first-order valence-corrected chi connectivity index (χ1v) is 7.69. The molecule has 1 aliphatic carbocycles. The summed E-state index contributed by atoms with van der Waals surface area (Å²) in [6.45, 7) is 5.60. The first-order chi connectivity index (χ1) is 9.19. The van der Waals surface area contributed by atoms with Crippen LogP contribution in [0.3, 0.4) is 0 Å². The lowest BCUT2D eigenvalue weighted by atomic mass is 9.81. The van der Waals surface area contributed by atoms with E-state index in [4.69, 9.17) is 0 Å². The van der Waals surface area contributed by atoms with Crippen LogP contribution in [0.5, 0.6) is 0 Å². The van der Waals surface area contributed by atoms with Gasteiger partial charge in [0.05, 0.1) is 11.4 Å². The third-order valence-electron chi connectivity index (χ3n) is 4.74. The number of nitrogens with zero attached hydrogens (tertiary/aromatic N) is 3. The number of rotatable bonds is 1. The molecule has 1 aromatic heterocycles. The molecule has 1 spiro atoms. The van der Waals surface area contributed by atoms with Gasteiger partial charge in [-0.1, -0.05) is 19.3 Å². The van der Waals surface area contributed by atoms with E-state index in [9.17, 15) is 0 Å². The van der Waals surface area contributed by atoms with Crippen molar-refractivity contribution in [3.8, 4) is 0 Å². The molecule has 0 bridgehead atoms. The van der Waals surface area contributed by atoms with Crippen LogP contribution in [0.2, 0.25) is 0 Å². The Labute approximate surface area is 116 Å². The Morgan fingerprint density at radius 1 is 1.21 bits per heavy atom. The Balaban J connectivity index is 1.83. The van der Waals surface area contributed by atoms with Gasteiger partial charge in [-0.15, -0.1) is 0 Å². The van der Waals surface area contributed by atoms with Gasteiger partial charge in [0.2, 0.25) is 0 Å². The summed E-state index contributed by atoms with van der Waals surface area (Å²) in [4.78, 5) is 2.56. The third kappa shape index (κ3) is 2.64. The van der Waals surface area contributed by atoms with E-state index in [1.807, 2.05) is 11.7 Å². The SMILES string of the molecule is Cc1nn(C)cc1N1CCCNC2(CCCCC2)C1. The highest BCUT2D eigenvalue weighted by Gasteiger charge is 2.35. The van der Waals surface area contributed by atoms with E-state index in [1.54, 1.807) is 0 Å². The van der Waals surface area contributed by atoms with Crippen molar-refractivity contribution >= 4 is 5.69 Å². The van der Waals surface area contributed by atoms with Crippen LogP contribution < -0.4 is 10.2 Å². The van der Waals surface area contributed by atoms with Crippen molar-refractivity contribution < 1.29 is 0 Å². The Hall–Kier alpha value is -1.03. The van der Waals surface area contributed by atoms with Gasteiger partial charge >= 0.3 is 0 Å². The zero-order chi connectivity index (χ0) is 13.3. The molecule has 2 aliphatic rings. The fourth-order valence-corrected chi connectivity index (χ4v) is 3.79. The van der Waals surface area contributed by atoms with Crippen molar-refractivity contribution in [1.29, 1.82) is 0 Å². The van der Waals surface area contributed by atoms with Crippen molar-refractivity contribution in [3.63, 3.8) is 0 Å². The average Bonchev–Trinajstić information content (AvgIpc) is 2.61. The molecule has 0 radical (unpaired) electrons. The second-order valence-electron chi connectivity index (χ2n) is 6.32. The first-order valence-electron chi connectivity index (χ1n) is 7.69. The summed E-state index contributed by atoms with van der Waals surface area (Å²) in [5.41, 5.74) is 2.85. The summed E-state index contributed by atoms with van der Waals surface area (Å²) in [5.74, 6) is 0. The molecule has 1 saturated carbocycles. The van der Waals surface area contributed by atoms with Gasteiger partial charge in [-0.3, -0.25) is 4.68 Å². The van der Waals surface area contributed by atoms with E-state index in [-0.39, 0.29) is 0 Å². The second kappa shape index (κ2) is 5.16. The molecule has 106 valence electrons. The Morgan fingerprint density at radius 3 is 2.68 bits per heavy atom. The molecule has 0 atom stereocenters. The van der Waals surface area contributed by atoms with Crippen LogP contribution in [-0.2, 0) is 7.05 Å². The fraction of sp³-hybridized carbons (Fsp3) is 0.800. The molecule has 1 aliphatic heterocycles. The quantitative estimate of drug-likeness (QED) is 0.842. The van der Waals surface area contributed by atoms with Gasteiger partial charge in [0, 0.05) is 31.9 Å². The smallest absolute Gasteiger partial charge is 0.0827 e. The molecule has 4 heteroatoms. The minimum absolute atomic E-state index is 0.358. The Kier molecular flexibility index (Phi) is 3.52. The van der Waals surface area contributed by atoms with Crippen molar-refractivity contribution in [1.82, 2.24) is 15.1 Å². The fourth-order valence-electron chi connectivity index (χ4n) is 3.79. The van der Waals surface area contributed by atoms with E-state index in [2.05, 4.69) is 28.4 Å². The number of aryl methyl sites for hydroxylation is 2. The number of aromatic nitrogens is 2. The van der Waals surface area contributed by atoms with E-state index in [0.717, 1.165) is 25.3 Å². The van der Waals surface area contributed by atoms with E-state index < -0.39 is 0 Å². The summed E-state index contributed by atoms with van der Waals surface area (Å²) < 4.78 is 1.94. The molecule has 3 rings (SSSR count). The van der Waals surface area contributed by atoms with Crippen molar-refractivity contribution in [2.75, 3.05) is 24.5 Å². The predicted octanol–water partition coefficient (Wildman–Crippen LogP) is 2.23. The van der Waals surface area contributed by atoms with Gasteiger partial charge in [0.1, 0.15) is 0 Å². The molecule has 1 saturated heterocycles. The lowest BCUT2D eigenvalue weighted by molar-refractivity contribution is 0.246. The van der Waals surface area contributed by atoms with Gasteiger partial charge in [-0.05, 0) is 32.7 Å². The predicted molar refractivity (Wildman–Crippen MR) is 78.6 cm³/mol.